The number of aromatic hydroxyl groups is 1. The van der Waals surface area contributed by atoms with E-state index in [0.717, 1.165) is 65.0 Å². The molecule has 9 aliphatic rings. The van der Waals surface area contributed by atoms with Crippen LogP contribution in [0.3, 0.4) is 0 Å². The van der Waals surface area contributed by atoms with Gasteiger partial charge in [-0.25, -0.2) is 0 Å². The zero-order valence-corrected chi connectivity index (χ0v) is 36.5. The van der Waals surface area contributed by atoms with Crippen LogP contribution in [0.1, 0.15) is 74.5 Å². The first-order valence-corrected chi connectivity index (χ1v) is 23.5. The maximum Gasteiger partial charge on any atom is 0.534 e. The smallest absolute Gasteiger partial charge is 0.508 e. The fourth-order valence-corrected chi connectivity index (χ4v) is 11.8. The van der Waals surface area contributed by atoms with Gasteiger partial charge in [0.05, 0.1) is 5.52 Å². The summed E-state index contributed by atoms with van der Waals surface area (Å²) in [5.41, 5.74) is 4.24. The number of anilines is 2. The number of alkyl halides is 3. The van der Waals surface area contributed by atoms with Crippen LogP contribution in [-0.4, -0.2) is 45.7 Å². The molecule has 9 aliphatic carbocycles. The third kappa shape index (κ3) is 6.88. The van der Waals surface area contributed by atoms with Gasteiger partial charge < -0.3 is 14.2 Å². The maximum atomic E-state index is 12.1. The molecule has 14 heteroatoms. The predicted octanol–water partition coefficient (Wildman–Crippen LogP) is 11.8. The maximum absolute atomic E-state index is 12.1. The number of benzene rings is 5. The van der Waals surface area contributed by atoms with Crippen LogP contribution in [0.25, 0.3) is 27.8 Å². The van der Waals surface area contributed by atoms with Crippen LogP contribution in [-0.2, 0) is 26.4 Å². The zero-order valence-electron chi connectivity index (χ0n) is 35.0. The Hall–Kier alpha value is -5.66. The van der Waals surface area contributed by atoms with E-state index >= 15 is 0 Å². The van der Waals surface area contributed by atoms with E-state index in [1.165, 1.54) is 72.9 Å². The molecule has 0 aliphatic heterocycles. The SMILES string of the molecule is CN(c1cccc(-c2ccc(C34CC(C3)C4)cc2)c1)c1nc2nncn2c2cc(Cl)ccc12.O=S(=O)(Oc1ccc(C23CC(C2)C3)cc1)C(F)(F)F.Oc1ccc(C23CC(C2)C3)cc1. The first-order valence-electron chi connectivity index (χ1n) is 21.7. The predicted molar refractivity (Wildman–Crippen MR) is 240 cm³/mol. The molecule has 9 fully saturated rings. The highest BCUT2D eigenvalue weighted by Gasteiger charge is 2.58. The van der Waals surface area contributed by atoms with E-state index in [0.29, 0.717) is 27.4 Å². The van der Waals surface area contributed by atoms with E-state index < -0.39 is 15.6 Å². The molecular formula is C50H45ClF3N5O4S. The van der Waals surface area contributed by atoms with Gasteiger partial charge in [-0.2, -0.15) is 26.6 Å². The number of halogens is 4. The van der Waals surface area contributed by atoms with Gasteiger partial charge in [0.15, 0.2) is 0 Å². The van der Waals surface area contributed by atoms with Crippen LogP contribution < -0.4 is 9.08 Å². The van der Waals surface area contributed by atoms with E-state index in [4.69, 9.17) is 21.7 Å². The van der Waals surface area contributed by atoms with Crippen molar-refractivity contribution in [2.75, 3.05) is 11.9 Å². The first kappa shape index (κ1) is 41.1. The minimum atomic E-state index is -5.58. The molecule has 0 atom stereocenters. The average Bonchev–Trinajstić information content (AvgIpc) is 3.65. The van der Waals surface area contributed by atoms with Crippen molar-refractivity contribution in [1.29, 1.82) is 0 Å². The van der Waals surface area contributed by atoms with Crippen LogP contribution in [0, 0.1) is 17.8 Å². The van der Waals surface area contributed by atoms with Gasteiger partial charge in [0.1, 0.15) is 23.6 Å². The van der Waals surface area contributed by atoms with Gasteiger partial charge in [0.25, 0.3) is 5.78 Å². The summed E-state index contributed by atoms with van der Waals surface area (Å²) in [6.45, 7) is 0. The van der Waals surface area contributed by atoms with Crippen LogP contribution in [0.15, 0.2) is 122 Å². The van der Waals surface area contributed by atoms with Gasteiger partial charge in [-0.15, -0.1) is 10.2 Å². The summed E-state index contributed by atoms with van der Waals surface area (Å²) in [5.74, 6) is 4.25. The van der Waals surface area contributed by atoms with Crippen LogP contribution in [0.5, 0.6) is 11.5 Å². The van der Waals surface area contributed by atoms with Gasteiger partial charge in [-0.3, -0.25) is 4.40 Å². The number of hydrogen-bond acceptors (Lipinski definition) is 8. The van der Waals surface area contributed by atoms with E-state index in [-0.39, 0.29) is 11.2 Å². The van der Waals surface area contributed by atoms with E-state index in [9.17, 15) is 21.6 Å². The van der Waals surface area contributed by atoms with Crippen LogP contribution >= 0.6 is 11.6 Å². The average molecular weight is 904 g/mol. The van der Waals surface area contributed by atoms with Crippen molar-refractivity contribution in [3.63, 3.8) is 0 Å². The minimum absolute atomic E-state index is 0.187. The fraction of sp³-hybridized carbons (Fsp3) is 0.340. The summed E-state index contributed by atoms with van der Waals surface area (Å²) < 4.78 is 64.0. The van der Waals surface area contributed by atoms with Crippen LogP contribution in [0.4, 0.5) is 24.7 Å². The quantitative estimate of drug-likeness (QED) is 0.119. The highest BCUT2D eigenvalue weighted by Crippen LogP contribution is 2.66. The molecule has 64 heavy (non-hydrogen) atoms. The molecule has 0 amide bonds. The second-order valence-corrected chi connectivity index (χ2v) is 21.1. The van der Waals surface area contributed by atoms with Crippen molar-refractivity contribution in [3.05, 3.63) is 143 Å². The van der Waals surface area contributed by atoms with Crippen molar-refractivity contribution in [1.82, 2.24) is 19.6 Å². The largest absolute Gasteiger partial charge is 0.534 e. The van der Waals surface area contributed by atoms with Crippen molar-refractivity contribution in [2.24, 2.45) is 17.8 Å². The van der Waals surface area contributed by atoms with E-state index in [2.05, 4.69) is 79.9 Å². The molecule has 328 valence electrons. The number of nitrogens with zero attached hydrogens (tertiary/aromatic N) is 5. The summed E-state index contributed by atoms with van der Waals surface area (Å²) in [6, 6.07) is 37.2. The molecule has 6 bridgehead atoms. The topological polar surface area (TPSA) is 110 Å². The third-order valence-corrected chi connectivity index (χ3v) is 16.3. The highest BCUT2D eigenvalue weighted by atomic mass is 35.5. The summed E-state index contributed by atoms with van der Waals surface area (Å²) in [7, 11) is -3.54. The van der Waals surface area contributed by atoms with Crippen molar-refractivity contribution in [3.8, 4) is 22.6 Å². The second-order valence-electron chi connectivity index (χ2n) is 19.1. The Morgan fingerprint density at radius 1 is 0.719 bits per heavy atom. The Morgan fingerprint density at radius 2 is 1.25 bits per heavy atom. The second kappa shape index (κ2) is 14.7. The molecule has 1 N–H and O–H groups in total. The lowest BCUT2D eigenvalue weighted by atomic mass is 9.42. The lowest BCUT2D eigenvalue weighted by Crippen LogP contribution is -2.55. The molecular weight excluding hydrogens is 859 g/mol. The Balaban J connectivity index is 0.000000123. The standard InChI is InChI=1S/C27H22ClN5.C12H11F3O3S.C11H12O/c1-32(25-23-10-9-21(28)12-24(23)33-16-29-31-26(33)30-25)22-4-2-3-19(11-22)18-5-7-20(8-6-18)27-13-17(14-27)15-27;13-12(14,15)19(16,17)18-10-3-1-9(2-4-10)11-5-8(6-11)7-11;12-10-3-1-9(2-4-10)11-5-8(6-11)7-11/h2-12,16-17H,13-15H2,1H3;1-4,8H,5-7H2;1-4,8,12H,5-7H2. The minimum Gasteiger partial charge on any atom is -0.508 e. The fourth-order valence-electron chi connectivity index (χ4n) is 11.2. The third-order valence-electron chi connectivity index (χ3n) is 15.1. The molecule has 5 aromatic carbocycles. The van der Waals surface area contributed by atoms with Gasteiger partial charge in [0.2, 0.25) is 0 Å². The molecule has 2 aromatic heterocycles. The number of hydrogen-bond donors (Lipinski definition) is 1. The monoisotopic (exact) mass is 903 g/mol. The summed E-state index contributed by atoms with van der Waals surface area (Å²) in [4.78, 5) is 6.90. The van der Waals surface area contributed by atoms with E-state index in [1.54, 1.807) is 30.6 Å². The Labute approximate surface area is 374 Å². The highest BCUT2D eigenvalue weighted by molar-refractivity contribution is 7.88. The number of fused-ring (bicyclic) bond motifs is 3. The lowest BCUT2D eigenvalue weighted by molar-refractivity contribution is -0.0500. The molecule has 0 radical (unpaired) electrons. The molecule has 9 saturated carbocycles. The summed E-state index contributed by atoms with van der Waals surface area (Å²) in [5, 5.41) is 19.0. The molecule has 9 nitrogen and oxygen atoms in total. The Morgan fingerprint density at radius 3 is 1.77 bits per heavy atom. The number of phenols is 1. The normalized spacial score (nSPS) is 26.5. The number of phenolic OH excluding ortho intramolecular Hbond substituents is 1. The lowest BCUT2D eigenvalue weighted by Gasteiger charge is -2.62. The molecule has 2 heterocycles. The van der Waals surface area contributed by atoms with Gasteiger partial charge >= 0.3 is 15.6 Å². The summed E-state index contributed by atoms with van der Waals surface area (Å²) >= 11 is 6.29. The van der Waals surface area contributed by atoms with E-state index in [1.807, 2.05) is 29.6 Å². The number of aromatic nitrogens is 4. The van der Waals surface area contributed by atoms with Gasteiger partial charge in [-0.1, -0.05) is 72.3 Å². The van der Waals surface area contributed by atoms with Crippen LogP contribution in [0.2, 0.25) is 5.02 Å². The van der Waals surface area contributed by atoms with Gasteiger partial charge in [-0.05, 0) is 174 Å². The molecule has 16 rings (SSSR count). The van der Waals surface area contributed by atoms with Crippen molar-refractivity contribution in [2.45, 2.75) is 79.5 Å². The zero-order chi connectivity index (χ0) is 44.2. The number of rotatable bonds is 8. The molecule has 0 unspecified atom stereocenters. The summed E-state index contributed by atoms with van der Waals surface area (Å²) in [6.07, 6.45) is 13.3. The van der Waals surface area contributed by atoms with Crippen molar-refractivity contribution >= 4 is 49.9 Å². The Kier molecular flexibility index (Phi) is 9.42. The first-order chi connectivity index (χ1) is 30.6. The van der Waals surface area contributed by atoms with Gasteiger partial charge in [0, 0.05) is 23.1 Å². The Bertz CT molecular complexity index is 3000. The molecule has 7 aromatic rings. The van der Waals surface area contributed by atoms with Crippen molar-refractivity contribution < 1.29 is 30.9 Å². The molecule has 0 spiro atoms. The molecule has 0 saturated heterocycles.